The quantitative estimate of drug-likeness (QED) is 0.475. The molecule has 0 bridgehead atoms. The summed E-state index contributed by atoms with van der Waals surface area (Å²) in [4.78, 5) is 22.4. The third-order valence-corrected chi connectivity index (χ3v) is 1.38. The summed E-state index contributed by atoms with van der Waals surface area (Å²) in [6, 6.07) is 0. The van der Waals surface area contributed by atoms with Crippen molar-refractivity contribution in [2.24, 2.45) is 0 Å². The highest BCUT2D eigenvalue weighted by Gasteiger charge is 2.18. The van der Waals surface area contributed by atoms with E-state index in [1.807, 2.05) is 0 Å². The molecule has 13 heavy (non-hydrogen) atoms. The van der Waals surface area contributed by atoms with Gasteiger partial charge in [-0.3, -0.25) is 4.79 Å². The van der Waals surface area contributed by atoms with Crippen LogP contribution in [0.2, 0.25) is 0 Å². The van der Waals surface area contributed by atoms with E-state index in [2.05, 4.69) is 6.58 Å². The van der Waals surface area contributed by atoms with Crippen molar-refractivity contribution in [2.75, 3.05) is 26.8 Å². The van der Waals surface area contributed by atoms with Crippen LogP contribution in [0, 0.1) is 0 Å². The number of nitrogens with zero attached hydrogens (tertiary/aromatic N) is 1. The van der Waals surface area contributed by atoms with E-state index >= 15 is 0 Å². The highest BCUT2D eigenvalue weighted by Crippen LogP contribution is 1.90. The van der Waals surface area contributed by atoms with Crippen LogP contribution in [0.1, 0.15) is 0 Å². The summed E-state index contributed by atoms with van der Waals surface area (Å²) in [5.41, 5.74) is 0. The van der Waals surface area contributed by atoms with E-state index < -0.39 is 11.9 Å². The number of methoxy groups -OCH3 is 1. The zero-order valence-corrected chi connectivity index (χ0v) is 7.52. The molecule has 1 N–H and O–H groups in total. The van der Waals surface area contributed by atoms with Gasteiger partial charge in [0.2, 0.25) is 0 Å². The molecule has 0 aliphatic rings. The molecule has 74 valence electrons. The average molecular weight is 187 g/mol. The molecule has 0 radical (unpaired) electrons. The number of ether oxygens (including phenoxy) is 1. The Morgan fingerprint density at radius 3 is 2.62 bits per heavy atom. The fourth-order valence-corrected chi connectivity index (χ4v) is 0.768. The zero-order valence-electron chi connectivity index (χ0n) is 7.52. The van der Waals surface area contributed by atoms with E-state index in [1.165, 1.54) is 13.2 Å². The van der Waals surface area contributed by atoms with Gasteiger partial charge in [-0.15, -0.1) is 6.58 Å². The predicted molar refractivity (Wildman–Crippen MR) is 46.3 cm³/mol. The van der Waals surface area contributed by atoms with Gasteiger partial charge in [-0.2, -0.15) is 0 Å². The fourth-order valence-electron chi connectivity index (χ4n) is 0.768. The van der Waals surface area contributed by atoms with Crippen LogP contribution < -0.4 is 0 Å². The molecule has 0 aromatic rings. The zero-order chi connectivity index (χ0) is 10.3. The Hall–Kier alpha value is -1.36. The molecule has 0 saturated carbocycles. The summed E-state index contributed by atoms with van der Waals surface area (Å²) in [5, 5.41) is 8.41. The Bertz CT molecular complexity index is 202. The number of carboxylic acid groups (broad SMARTS) is 1. The van der Waals surface area contributed by atoms with Crippen molar-refractivity contribution in [2.45, 2.75) is 0 Å². The first-order valence-corrected chi connectivity index (χ1v) is 3.75. The molecule has 0 aromatic heterocycles. The van der Waals surface area contributed by atoms with Crippen LogP contribution in [0.5, 0.6) is 0 Å². The predicted octanol–water partition coefficient (Wildman–Crippen LogP) is -0.268. The molecule has 0 atom stereocenters. The number of aliphatic carboxylic acids is 1. The number of hydrogen-bond donors (Lipinski definition) is 1. The van der Waals surface area contributed by atoms with E-state index in [0.717, 1.165) is 4.90 Å². The Labute approximate surface area is 76.6 Å². The SMILES string of the molecule is C=CCN(CCOC)C(=O)C(=O)O. The van der Waals surface area contributed by atoms with Crippen molar-refractivity contribution < 1.29 is 19.4 Å². The first kappa shape index (κ1) is 11.6. The number of carboxylic acids is 1. The van der Waals surface area contributed by atoms with Crippen LogP contribution in [0.4, 0.5) is 0 Å². The molecule has 0 aliphatic carbocycles. The Morgan fingerprint density at radius 1 is 1.62 bits per heavy atom. The van der Waals surface area contributed by atoms with Crippen molar-refractivity contribution in [1.29, 1.82) is 0 Å². The van der Waals surface area contributed by atoms with Crippen LogP contribution >= 0.6 is 0 Å². The van der Waals surface area contributed by atoms with Crippen LogP contribution in [0.15, 0.2) is 12.7 Å². The maximum atomic E-state index is 11.0. The molecule has 0 fully saturated rings. The minimum absolute atomic E-state index is 0.217. The Kier molecular flexibility index (Phi) is 5.54. The van der Waals surface area contributed by atoms with Gasteiger partial charge in [-0.25, -0.2) is 4.79 Å². The van der Waals surface area contributed by atoms with Gasteiger partial charge in [-0.05, 0) is 0 Å². The normalized spacial score (nSPS) is 9.31. The minimum atomic E-state index is -1.46. The number of carbonyl (C=O) groups excluding carboxylic acids is 1. The molecule has 0 saturated heterocycles. The number of rotatable bonds is 5. The van der Waals surface area contributed by atoms with Crippen molar-refractivity contribution >= 4 is 11.9 Å². The van der Waals surface area contributed by atoms with Gasteiger partial charge in [-0.1, -0.05) is 6.08 Å². The first-order chi connectivity index (χ1) is 6.13. The number of carbonyl (C=O) groups is 2. The lowest BCUT2D eigenvalue weighted by Crippen LogP contribution is -2.38. The summed E-state index contributed by atoms with van der Waals surface area (Å²) in [6.07, 6.45) is 1.47. The Morgan fingerprint density at radius 2 is 2.23 bits per heavy atom. The summed E-state index contributed by atoms with van der Waals surface area (Å²) in [6.45, 7) is 4.21. The van der Waals surface area contributed by atoms with Crippen LogP contribution in [-0.2, 0) is 14.3 Å². The van der Waals surface area contributed by atoms with Crippen molar-refractivity contribution in [3.8, 4) is 0 Å². The Balaban J connectivity index is 4.14. The molecule has 0 rings (SSSR count). The van der Waals surface area contributed by atoms with Crippen molar-refractivity contribution in [1.82, 2.24) is 4.90 Å². The molecular weight excluding hydrogens is 174 g/mol. The average Bonchev–Trinajstić information content (AvgIpc) is 2.11. The van der Waals surface area contributed by atoms with Gasteiger partial charge in [0.15, 0.2) is 0 Å². The van der Waals surface area contributed by atoms with Gasteiger partial charge in [0, 0.05) is 20.2 Å². The fraction of sp³-hybridized carbons (Fsp3) is 0.500. The van der Waals surface area contributed by atoms with Crippen LogP contribution in [0.3, 0.4) is 0 Å². The third-order valence-electron chi connectivity index (χ3n) is 1.38. The van der Waals surface area contributed by atoms with Crippen molar-refractivity contribution in [3.05, 3.63) is 12.7 Å². The van der Waals surface area contributed by atoms with E-state index in [-0.39, 0.29) is 13.1 Å². The highest BCUT2D eigenvalue weighted by molar-refractivity contribution is 6.31. The topological polar surface area (TPSA) is 66.8 Å². The van der Waals surface area contributed by atoms with Gasteiger partial charge in [0.1, 0.15) is 0 Å². The maximum Gasteiger partial charge on any atom is 0.394 e. The minimum Gasteiger partial charge on any atom is -0.474 e. The monoisotopic (exact) mass is 187 g/mol. The smallest absolute Gasteiger partial charge is 0.394 e. The van der Waals surface area contributed by atoms with E-state index in [1.54, 1.807) is 0 Å². The molecule has 5 nitrogen and oxygen atoms in total. The van der Waals surface area contributed by atoms with E-state index in [9.17, 15) is 9.59 Å². The highest BCUT2D eigenvalue weighted by atomic mass is 16.5. The second kappa shape index (κ2) is 6.19. The van der Waals surface area contributed by atoms with E-state index in [0.29, 0.717) is 6.61 Å². The molecule has 0 spiro atoms. The van der Waals surface area contributed by atoms with Gasteiger partial charge in [0.25, 0.3) is 0 Å². The summed E-state index contributed by atoms with van der Waals surface area (Å²) in [5.74, 6) is -2.39. The largest absolute Gasteiger partial charge is 0.474 e. The lowest BCUT2D eigenvalue weighted by Gasteiger charge is -2.17. The van der Waals surface area contributed by atoms with Crippen LogP contribution in [-0.4, -0.2) is 48.7 Å². The van der Waals surface area contributed by atoms with Gasteiger partial charge in [0.05, 0.1) is 6.61 Å². The lowest BCUT2D eigenvalue weighted by molar-refractivity contribution is -0.155. The van der Waals surface area contributed by atoms with Crippen molar-refractivity contribution in [3.63, 3.8) is 0 Å². The van der Waals surface area contributed by atoms with Gasteiger partial charge >= 0.3 is 11.9 Å². The summed E-state index contributed by atoms with van der Waals surface area (Å²) >= 11 is 0. The number of hydrogen-bond acceptors (Lipinski definition) is 3. The molecule has 1 amide bonds. The second-order valence-corrected chi connectivity index (χ2v) is 2.34. The first-order valence-electron chi connectivity index (χ1n) is 3.75. The third kappa shape index (κ3) is 4.27. The lowest BCUT2D eigenvalue weighted by atomic mass is 10.4. The van der Waals surface area contributed by atoms with E-state index in [4.69, 9.17) is 9.84 Å². The summed E-state index contributed by atoms with van der Waals surface area (Å²) < 4.78 is 4.73. The van der Waals surface area contributed by atoms with Gasteiger partial charge < -0.3 is 14.7 Å². The summed E-state index contributed by atoms with van der Waals surface area (Å²) in [7, 11) is 1.48. The molecule has 0 unspecified atom stereocenters. The molecule has 0 heterocycles. The molecule has 0 aliphatic heterocycles. The molecule has 5 heteroatoms. The maximum absolute atomic E-state index is 11.0. The molecule has 0 aromatic carbocycles. The van der Waals surface area contributed by atoms with Crippen LogP contribution in [0.25, 0.3) is 0 Å². The number of amides is 1. The standard InChI is InChI=1S/C8H13NO4/c1-3-4-9(5-6-13-2)7(10)8(11)12/h3H,1,4-6H2,2H3,(H,11,12). The molecular formula is C8H13NO4. The second-order valence-electron chi connectivity index (χ2n) is 2.34.